The number of aliphatic hydroxyl groups excluding tert-OH is 1. The second kappa shape index (κ2) is 8.59. The van der Waals surface area contributed by atoms with Crippen LogP contribution in [0.3, 0.4) is 0 Å². The number of benzene rings is 1. The van der Waals surface area contributed by atoms with E-state index in [2.05, 4.69) is 17.1 Å². The summed E-state index contributed by atoms with van der Waals surface area (Å²) in [5.41, 5.74) is 0.572. The first-order valence-electron chi connectivity index (χ1n) is 7.99. The number of nitro benzene ring substituents is 1. The number of likely N-dealkylation sites (tertiary alicyclic amines) is 1. The van der Waals surface area contributed by atoms with Gasteiger partial charge in [-0.05, 0) is 44.0 Å². The number of aliphatic hydroxyl groups is 1. The van der Waals surface area contributed by atoms with Crippen molar-refractivity contribution in [2.24, 2.45) is 5.92 Å². The molecule has 1 heterocycles. The first-order chi connectivity index (χ1) is 11.0. The van der Waals surface area contributed by atoms with E-state index in [-0.39, 0.29) is 5.69 Å². The average molecular weight is 342 g/mol. The number of halogens is 1. The molecular weight excluding hydrogens is 318 g/mol. The third kappa shape index (κ3) is 5.73. The van der Waals surface area contributed by atoms with Gasteiger partial charge < -0.3 is 15.3 Å². The normalized spacial score (nSPS) is 18.0. The first kappa shape index (κ1) is 18.1. The van der Waals surface area contributed by atoms with Crippen molar-refractivity contribution in [3.63, 3.8) is 0 Å². The van der Waals surface area contributed by atoms with Crippen molar-refractivity contribution in [2.45, 2.75) is 32.4 Å². The lowest BCUT2D eigenvalue weighted by Gasteiger charge is -2.31. The predicted molar refractivity (Wildman–Crippen MR) is 90.7 cm³/mol. The largest absolute Gasteiger partial charge is 0.390 e. The van der Waals surface area contributed by atoms with Crippen LogP contribution in [-0.4, -0.2) is 47.2 Å². The molecule has 1 fully saturated rings. The van der Waals surface area contributed by atoms with Crippen LogP contribution in [0.5, 0.6) is 0 Å². The molecule has 1 aliphatic rings. The van der Waals surface area contributed by atoms with Gasteiger partial charge in [0.1, 0.15) is 0 Å². The minimum atomic E-state index is -0.485. The number of rotatable bonds is 7. The predicted octanol–water partition coefficient (Wildman–Crippen LogP) is 2.43. The molecule has 0 aliphatic carbocycles. The average Bonchev–Trinajstić information content (AvgIpc) is 2.49. The van der Waals surface area contributed by atoms with Gasteiger partial charge >= 0.3 is 0 Å². The third-order valence-electron chi connectivity index (χ3n) is 4.28. The van der Waals surface area contributed by atoms with Gasteiger partial charge in [0.25, 0.3) is 5.69 Å². The van der Waals surface area contributed by atoms with Crippen molar-refractivity contribution in [3.8, 4) is 0 Å². The Hall–Kier alpha value is -1.21. The summed E-state index contributed by atoms with van der Waals surface area (Å²) < 4.78 is 0. The van der Waals surface area contributed by atoms with Crippen LogP contribution in [0.2, 0.25) is 5.02 Å². The third-order valence-corrected chi connectivity index (χ3v) is 4.51. The number of nitrogens with one attached hydrogen (secondary N) is 1. The highest BCUT2D eigenvalue weighted by Crippen LogP contribution is 2.22. The molecule has 1 aliphatic heterocycles. The second-order valence-corrected chi connectivity index (χ2v) is 6.73. The topological polar surface area (TPSA) is 78.6 Å². The Morgan fingerprint density at radius 2 is 2.17 bits per heavy atom. The van der Waals surface area contributed by atoms with Crippen molar-refractivity contribution in [1.29, 1.82) is 0 Å². The monoisotopic (exact) mass is 341 g/mol. The van der Waals surface area contributed by atoms with Crippen molar-refractivity contribution in [2.75, 3.05) is 26.2 Å². The molecule has 1 unspecified atom stereocenters. The zero-order chi connectivity index (χ0) is 16.8. The summed E-state index contributed by atoms with van der Waals surface area (Å²) in [5.74, 6) is 0.768. The highest BCUT2D eigenvalue weighted by molar-refractivity contribution is 6.30. The van der Waals surface area contributed by atoms with Crippen LogP contribution in [0.25, 0.3) is 0 Å². The summed E-state index contributed by atoms with van der Waals surface area (Å²) in [4.78, 5) is 12.9. The molecule has 1 saturated heterocycles. The maximum Gasteiger partial charge on any atom is 0.273 e. The van der Waals surface area contributed by atoms with Gasteiger partial charge in [0, 0.05) is 36.3 Å². The number of piperidine rings is 1. The van der Waals surface area contributed by atoms with Crippen LogP contribution in [0.4, 0.5) is 5.69 Å². The lowest BCUT2D eigenvalue weighted by atomic mass is 9.99. The molecule has 0 bridgehead atoms. The molecule has 0 saturated carbocycles. The highest BCUT2D eigenvalue weighted by Gasteiger charge is 2.18. The molecule has 23 heavy (non-hydrogen) atoms. The SMILES string of the molecule is CC1CCN(CC(O)CNCc2cc(Cl)ccc2[N+](=O)[O-])CC1. The van der Waals surface area contributed by atoms with E-state index in [0.717, 1.165) is 19.0 Å². The van der Waals surface area contributed by atoms with Crippen LogP contribution in [0.15, 0.2) is 18.2 Å². The number of nitro groups is 1. The van der Waals surface area contributed by atoms with Crippen LogP contribution >= 0.6 is 11.6 Å². The van der Waals surface area contributed by atoms with Gasteiger partial charge in [0.2, 0.25) is 0 Å². The molecule has 6 nitrogen and oxygen atoms in total. The maximum absolute atomic E-state index is 11.0. The molecule has 1 aromatic rings. The Bertz CT molecular complexity index is 533. The van der Waals surface area contributed by atoms with Crippen LogP contribution < -0.4 is 5.32 Å². The molecule has 0 radical (unpaired) electrons. The zero-order valence-corrected chi connectivity index (χ0v) is 14.1. The van der Waals surface area contributed by atoms with E-state index in [1.54, 1.807) is 6.07 Å². The highest BCUT2D eigenvalue weighted by atomic mass is 35.5. The van der Waals surface area contributed by atoms with Gasteiger partial charge in [-0.1, -0.05) is 18.5 Å². The van der Waals surface area contributed by atoms with Gasteiger partial charge in [0.15, 0.2) is 0 Å². The van der Waals surface area contributed by atoms with Crippen molar-refractivity contribution < 1.29 is 10.0 Å². The van der Waals surface area contributed by atoms with Crippen molar-refractivity contribution >= 4 is 17.3 Å². The van der Waals surface area contributed by atoms with Crippen molar-refractivity contribution in [1.82, 2.24) is 10.2 Å². The van der Waals surface area contributed by atoms with E-state index in [1.165, 1.54) is 25.0 Å². The summed E-state index contributed by atoms with van der Waals surface area (Å²) in [6.07, 6.45) is 1.87. The molecule has 2 rings (SSSR count). The summed E-state index contributed by atoms with van der Waals surface area (Å²) in [5, 5.41) is 24.7. The standard InChI is InChI=1S/C16H24ClN3O3/c1-12-4-6-19(7-5-12)11-15(21)10-18-9-13-8-14(17)2-3-16(13)20(22)23/h2-3,8,12,15,18,21H,4-7,9-11H2,1H3. The van der Waals surface area contributed by atoms with Gasteiger partial charge in [-0.25, -0.2) is 0 Å². The van der Waals surface area contributed by atoms with Crippen LogP contribution in [0, 0.1) is 16.0 Å². The molecule has 7 heteroatoms. The number of hydrogen-bond donors (Lipinski definition) is 2. The minimum Gasteiger partial charge on any atom is -0.390 e. The number of nitrogens with zero attached hydrogens (tertiary/aromatic N) is 2. The Kier molecular flexibility index (Phi) is 6.77. The fourth-order valence-electron chi connectivity index (χ4n) is 2.85. The number of hydrogen-bond acceptors (Lipinski definition) is 5. The van der Waals surface area contributed by atoms with Gasteiger partial charge in [-0.15, -0.1) is 0 Å². The zero-order valence-electron chi connectivity index (χ0n) is 13.4. The van der Waals surface area contributed by atoms with E-state index < -0.39 is 11.0 Å². The Labute approximate surface area is 141 Å². The fraction of sp³-hybridized carbons (Fsp3) is 0.625. The molecular formula is C16H24ClN3O3. The molecule has 0 aromatic heterocycles. The van der Waals surface area contributed by atoms with Gasteiger partial charge in [0.05, 0.1) is 11.0 Å². The molecule has 0 amide bonds. The lowest BCUT2D eigenvalue weighted by molar-refractivity contribution is -0.385. The molecule has 1 atom stereocenters. The Balaban J connectivity index is 1.78. The fourth-order valence-corrected chi connectivity index (χ4v) is 3.05. The van der Waals surface area contributed by atoms with Gasteiger partial charge in [-0.2, -0.15) is 0 Å². The van der Waals surface area contributed by atoms with E-state index in [1.807, 2.05) is 0 Å². The van der Waals surface area contributed by atoms with Crippen LogP contribution in [-0.2, 0) is 6.54 Å². The maximum atomic E-state index is 11.0. The quantitative estimate of drug-likeness (QED) is 0.588. The van der Waals surface area contributed by atoms with Crippen molar-refractivity contribution in [3.05, 3.63) is 38.9 Å². The summed E-state index contributed by atoms with van der Waals surface area (Å²) in [7, 11) is 0. The minimum absolute atomic E-state index is 0.0430. The Morgan fingerprint density at radius 3 is 2.83 bits per heavy atom. The van der Waals surface area contributed by atoms with E-state index in [4.69, 9.17) is 11.6 Å². The molecule has 2 N–H and O–H groups in total. The van der Waals surface area contributed by atoms with Crippen LogP contribution in [0.1, 0.15) is 25.3 Å². The van der Waals surface area contributed by atoms with E-state index in [9.17, 15) is 15.2 Å². The molecule has 128 valence electrons. The smallest absolute Gasteiger partial charge is 0.273 e. The second-order valence-electron chi connectivity index (χ2n) is 6.30. The van der Waals surface area contributed by atoms with E-state index in [0.29, 0.717) is 30.2 Å². The summed E-state index contributed by atoms with van der Waals surface area (Å²) in [6, 6.07) is 4.51. The first-order valence-corrected chi connectivity index (χ1v) is 8.37. The molecule has 1 aromatic carbocycles. The Morgan fingerprint density at radius 1 is 1.48 bits per heavy atom. The summed E-state index contributed by atoms with van der Waals surface area (Å²) in [6.45, 7) is 5.65. The molecule has 0 spiro atoms. The van der Waals surface area contributed by atoms with Gasteiger partial charge in [-0.3, -0.25) is 10.1 Å². The summed E-state index contributed by atoms with van der Waals surface area (Å²) >= 11 is 5.90. The lowest BCUT2D eigenvalue weighted by Crippen LogP contribution is -2.41. The van der Waals surface area contributed by atoms with E-state index >= 15 is 0 Å². The number of β-amino-alcohol motifs (C(OH)–C–C–N with tert-alkyl or cyclic N) is 1.